The van der Waals surface area contributed by atoms with Gasteiger partial charge in [-0.3, -0.25) is 28.8 Å². The number of hydrogen-bond acceptors (Lipinski definition) is 30. The first-order valence-corrected chi connectivity index (χ1v) is 39.5. The number of allylic oxidation sites excluding steroid dienone is 3. The summed E-state index contributed by atoms with van der Waals surface area (Å²) in [4.78, 5) is 87.6. The Hall–Kier alpha value is -5.63. The van der Waals surface area contributed by atoms with E-state index in [1.165, 1.54) is 68.9 Å². The third kappa shape index (κ3) is 22.0. The van der Waals surface area contributed by atoms with Crippen LogP contribution in [-0.4, -0.2) is 254 Å². The molecule has 0 aromatic heterocycles. The molecule has 594 valence electrons. The van der Waals surface area contributed by atoms with Crippen LogP contribution < -0.4 is 30.4 Å². The number of halogens is 1. The van der Waals surface area contributed by atoms with Gasteiger partial charge in [-0.05, 0) is 139 Å². The van der Waals surface area contributed by atoms with Gasteiger partial charge >= 0.3 is 0 Å². The molecule has 8 rings (SSSR count). The molecule has 2 bridgehead atoms. The number of aliphatic hydroxyl groups is 7. The highest BCUT2D eigenvalue weighted by Gasteiger charge is 2.53. The van der Waals surface area contributed by atoms with Gasteiger partial charge < -0.3 is 103 Å². The molecule has 5 unspecified atom stereocenters. The standard InChI is InChI=1S/C74H98IN5O25S3/c1-14-80(43(8)84)48-36-98-55(31-52(48)94-11)103-68-63(90)60(79-105-56-30-49(85)69(42(7)99-56)107-70(92)57-38(3)59(75)66(46(34-81)65(57)95-12)104-71-64(91)67(96-13)62(89)41(6)101-71)40(5)100-72(68)102-51-21-17-15-16-18-27-74(93)32-50(86)61(76-54(88)35-82)58(51)47(74)26-29-106-108-73(9,10)33-53(87)78-77-39(4)44-22-24-45(25-23-44)97-28-19-20-37(2)83/h15-16,22-26,40-42,48-49,51-52,55-56,60,62-64,67-69,71-72,79,81-82,85,89-91,93H,14,19-20,28-36H2,1-13H3,(H,76,88)(H,78,87)/b16-15-,47-26+,77-39+/t40?,41?,42?,48-,49+,51-,52+,55-,56-,60+,62-,63+,64?,67-,68?,69+,71-,72-,74-/m0/s1. The van der Waals surface area contributed by atoms with E-state index in [0.717, 1.165) is 17.3 Å². The summed E-state index contributed by atoms with van der Waals surface area (Å²) >= 11 is 2.72. The van der Waals surface area contributed by atoms with Gasteiger partial charge in [-0.2, -0.15) is 10.6 Å². The summed E-state index contributed by atoms with van der Waals surface area (Å²) in [7, 11) is 6.75. The molecule has 4 saturated heterocycles. The van der Waals surface area contributed by atoms with E-state index in [0.29, 0.717) is 46.6 Å². The molecule has 4 aliphatic heterocycles. The molecule has 10 N–H and O–H groups in total. The maximum atomic E-state index is 14.6. The predicted octanol–water partition coefficient (Wildman–Crippen LogP) is 3.87. The van der Waals surface area contributed by atoms with Crippen LogP contribution in [0.2, 0.25) is 0 Å². The normalized spacial score (nSPS) is 30.8. The van der Waals surface area contributed by atoms with Crippen molar-refractivity contribution in [2.45, 2.75) is 234 Å². The third-order valence-corrected chi connectivity index (χ3v) is 24.6. The zero-order valence-electron chi connectivity index (χ0n) is 62.4. The number of hydroxylamine groups is 1. The minimum atomic E-state index is -2.25. The molecule has 6 aliphatic rings. The lowest BCUT2D eigenvalue weighted by atomic mass is 9.75. The van der Waals surface area contributed by atoms with Crippen LogP contribution in [0.4, 0.5) is 0 Å². The van der Waals surface area contributed by atoms with Crippen molar-refractivity contribution in [1.82, 2.24) is 21.1 Å². The number of hydrogen-bond donors (Lipinski definition) is 10. The molecule has 108 heavy (non-hydrogen) atoms. The maximum Gasteiger partial charge on any atom is 0.250 e. The Morgan fingerprint density at radius 3 is 2.23 bits per heavy atom. The number of Topliss-reactive ketones (excluding diaryl/α,β-unsaturated/α-hetero) is 2. The summed E-state index contributed by atoms with van der Waals surface area (Å²) in [6.07, 6.45) is -14.2. The monoisotopic (exact) mass is 1680 g/mol. The van der Waals surface area contributed by atoms with E-state index in [2.05, 4.69) is 45.0 Å². The molecular formula is C74H98IN5O25S3. The number of rotatable bonds is 32. The lowest BCUT2D eigenvalue weighted by Crippen LogP contribution is -2.65. The number of methoxy groups -OCH3 is 3. The van der Waals surface area contributed by atoms with Crippen molar-refractivity contribution in [3.05, 3.63) is 85.2 Å². The first kappa shape index (κ1) is 87.9. The number of nitrogens with one attached hydrogen (secondary N) is 3. The van der Waals surface area contributed by atoms with Crippen molar-refractivity contribution in [2.24, 2.45) is 5.10 Å². The van der Waals surface area contributed by atoms with E-state index >= 15 is 0 Å². The number of amides is 3. The largest absolute Gasteiger partial charge is 0.495 e. The van der Waals surface area contributed by atoms with E-state index in [1.807, 2.05) is 55.5 Å². The minimum Gasteiger partial charge on any atom is -0.495 e. The summed E-state index contributed by atoms with van der Waals surface area (Å²) in [5.74, 6) is 9.85. The second kappa shape index (κ2) is 40.2. The van der Waals surface area contributed by atoms with Gasteiger partial charge in [0.1, 0.15) is 66.3 Å². The van der Waals surface area contributed by atoms with Gasteiger partial charge in [0, 0.05) is 75.0 Å². The fourth-order valence-electron chi connectivity index (χ4n) is 13.2. The Labute approximate surface area is 653 Å². The second-order valence-electron chi connectivity index (χ2n) is 27.2. The Bertz CT molecular complexity index is 3790. The highest BCUT2D eigenvalue weighted by Crippen LogP contribution is 2.46. The van der Waals surface area contributed by atoms with E-state index in [9.17, 15) is 64.5 Å². The predicted molar refractivity (Wildman–Crippen MR) is 405 cm³/mol. The zero-order chi connectivity index (χ0) is 79.1. The Morgan fingerprint density at radius 1 is 0.870 bits per heavy atom. The number of benzene rings is 2. The summed E-state index contributed by atoms with van der Waals surface area (Å²) in [5, 5.41) is 85.2. The fourth-order valence-corrected chi connectivity index (χ4v) is 17.4. The number of hydrazone groups is 1. The molecule has 30 nitrogen and oxygen atoms in total. The molecule has 2 aromatic carbocycles. The van der Waals surface area contributed by atoms with Crippen LogP contribution in [0, 0.1) is 34.2 Å². The maximum absolute atomic E-state index is 14.6. The molecule has 2 aromatic rings. The Morgan fingerprint density at radius 2 is 1.58 bits per heavy atom. The van der Waals surface area contributed by atoms with Gasteiger partial charge in [0.25, 0.3) is 0 Å². The van der Waals surface area contributed by atoms with Gasteiger partial charge in [-0.15, -0.1) is 0 Å². The van der Waals surface area contributed by atoms with Crippen LogP contribution in [0.25, 0.3) is 0 Å². The van der Waals surface area contributed by atoms with Gasteiger partial charge in [0.15, 0.2) is 30.3 Å². The van der Waals surface area contributed by atoms with Crippen molar-refractivity contribution < 1.29 is 121 Å². The number of likely N-dealkylation sites (N-methyl/N-ethyl adjacent to an activating group) is 1. The Balaban J connectivity index is 1.02. The number of aliphatic hydroxyl groups excluding tert-OH is 6. The molecule has 0 radical (unpaired) electrons. The highest BCUT2D eigenvalue weighted by molar-refractivity contribution is 14.1. The van der Waals surface area contributed by atoms with E-state index in [4.69, 9.17) is 56.9 Å². The first-order valence-electron chi connectivity index (χ1n) is 35.2. The van der Waals surface area contributed by atoms with E-state index in [1.54, 1.807) is 57.7 Å². The smallest absolute Gasteiger partial charge is 0.250 e. The van der Waals surface area contributed by atoms with Gasteiger partial charge in [-0.1, -0.05) is 63.1 Å². The molecule has 34 heteroatoms. The van der Waals surface area contributed by atoms with Crippen molar-refractivity contribution in [3.8, 4) is 40.9 Å². The average Bonchev–Trinajstić information content (AvgIpc) is 0.755. The second-order valence-corrected chi connectivity index (χ2v) is 32.4. The number of carbonyl (C=O) groups excluding carboxylic acids is 6. The number of ketones is 2. The summed E-state index contributed by atoms with van der Waals surface area (Å²) in [6.45, 7) is 15.6. The minimum absolute atomic E-state index is 0.00940. The summed E-state index contributed by atoms with van der Waals surface area (Å²) in [5.41, 5.74) is 4.47. The van der Waals surface area contributed by atoms with Crippen LogP contribution in [0.5, 0.6) is 17.2 Å². The van der Waals surface area contributed by atoms with Crippen LogP contribution in [0.3, 0.4) is 0 Å². The topological polar surface area (TPSA) is 406 Å². The number of fused-ring (bicyclic) bond motifs is 2. The van der Waals surface area contributed by atoms with Crippen molar-refractivity contribution in [1.29, 1.82) is 0 Å². The third-order valence-electron chi connectivity index (χ3n) is 18.8. The van der Waals surface area contributed by atoms with Crippen molar-refractivity contribution >= 4 is 96.1 Å². The van der Waals surface area contributed by atoms with E-state index in [-0.39, 0.29) is 83.0 Å². The van der Waals surface area contributed by atoms with E-state index < -0.39 is 162 Å². The number of ether oxygens (including phenoxy) is 11. The molecule has 2 aliphatic carbocycles. The van der Waals surface area contributed by atoms with Crippen molar-refractivity contribution in [3.63, 3.8) is 0 Å². The highest BCUT2D eigenvalue weighted by atomic mass is 127. The van der Waals surface area contributed by atoms with Crippen LogP contribution in [0.15, 0.2) is 64.4 Å². The molecule has 19 atom stereocenters. The molecule has 4 fully saturated rings. The fraction of sp³-hybridized carbons (Fsp3) is 0.608. The first-order chi connectivity index (χ1) is 51.3. The SMILES string of the molecule is CCN(C(C)=O)[C@H]1CO[C@@H](OC2[C@H](O[C@H]3C#C/C=C\C#C[C@]4(O)CC(=O)C(NC(=O)CO)=C3/C4=C\CSSC(C)(C)CC(=O)N/N=C(\C)c3ccc(OCCCC(C)=O)cc3)OC(C)[C@@H](NO[C@H]3C[C@@H](O)[C@H](SC(=O)c4c(C)c(I)c(O[C@@H]5OC(C)[C@H](O)[C@H](OC)C5O)c(CO)c4OC)C(C)O3)[C@H]2O)C[C@H]1OC. The molecule has 0 spiro atoms. The zero-order valence-corrected chi connectivity index (χ0v) is 67.0. The van der Waals surface area contributed by atoms with Crippen molar-refractivity contribution in [2.75, 3.05) is 53.4 Å². The lowest BCUT2D eigenvalue weighted by molar-refractivity contribution is -0.337. The number of carbonyl (C=O) groups is 6. The lowest BCUT2D eigenvalue weighted by Gasteiger charge is -2.47. The average molecular weight is 1680 g/mol. The van der Waals surface area contributed by atoms with Gasteiger partial charge in [0.05, 0.1) is 107 Å². The van der Waals surface area contributed by atoms with Crippen LogP contribution in [-0.2, 0) is 73.3 Å². The number of thioether (sulfide) groups is 1. The van der Waals surface area contributed by atoms with Gasteiger partial charge in [-0.25, -0.2) is 5.43 Å². The molecular weight excluding hydrogens is 1580 g/mol. The quantitative estimate of drug-likeness (QED) is 0.0124. The molecule has 3 amide bonds. The summed E-state index contributed by atoms with van der Waals surface area (Å²) in [6, 6.07) is 5.42. The molecule has 0 saturated carbocycles. The Kier molecular flexibility index (Phi) is 32.7. The molecule has 4 heterocycles. The van der Waals surface area contributed by atoms with Crippen LogP contribution >= 0.6 is 55.9 Å². The number of nitrogens with zero attached hydrogens (tertiary/aromatic N) is 2. The summed E-state index contributed by atoms with van der Waals surface area (Å²) < 4.78 is 67.2. The van der Waals surface area contributed by atoms with Crippen LogP contribution in [0.1, 0.15) is 128 Å². The van der Waals surface area contributed by atoms with Gasteiger partial charge in [0.2, 0.25) is 29.1 Å².